The van der Waals surface area contributed by atoms with Gasteiger partial charge in [-0.25, -0.2) is 4.39 Å². The standard InChI is InChI=1S/C15H21ClFN/c1-15(2)7-3-4-12(15)14(18)9-10-8-11(16)5-6-13(10)17/h5-6,8,12,14H,3-4,7,9,18H2,1-2H3. The molecule has 2 unspecified atom stereocenters. The molecular formula is C15H21ClFN. The highest BCUT2D eigenvalue weighted by Crippen LogP contribution is 2.44. The van der Waals surface area contributed by atoms with Crippen molar-refractivity contribution in [1.82, 2.24) is 0 Å². The highest BCUT2D eigenvalue weighted by atomic mass is 35.5. The van der Waals surface area contributed by atoms with E-state index in [0.717, 1.165) is 6.42 Å². The number of halogens is 2. The van der Waals surface area contributed by atoms with Gasteiger partial charge in [0, 0.05) is 11.1 Å². The van der Waals surface area contributed by atoms with Crippen molar-refractivity contribution >= 4 is 11.6 Å². The van der Waals surface area contributed by atoms with Crippen LogP contribution in [0.15, 0.2) is 18.2 Å². The maximum absolute atomic E-state index is 13.7. The predicted octanol–water partition coefficient (Wildman–Crippen LogP) is 4.18. The summed E-state index contributed by atoms with van der Waals surface area (Å²) in [5.41, 5.74) is 7.20. The van der Waals surface area contributed by atoms with E-state index in [-0.39, 0.29) is 17.3 Å². The fourth-order valence-corrected chi connectivity index (χ4v) is 3.44. The first kappa shape index (κ1) is 13.8. The number of hydrogen-bond acceptors (Lipinski definition) is 1. The Morgan fingerprint density at radius 2 is 2.22 bits per heavy atom. The van der Waals surface area contributed by atoms with Gasteiger partial charge in [0.05, 0.1) is 0 Å². The van der Waals surface area contributed by atoms with Crippen LogP contribution in [-0.4, -0.2) is 6.04 Å². The molecule has 1 aromatic rings. The summed E-state index contributed by atoms with van der Waals surface area (Å²) < 4.78 is 13.7. The third-order valence-electron chi connectivity index (χ3n) is 4.32. The SMILES string of the molecule is CC1(C)CCCC1C(N)Cc1cc(Cl)ccc1F. The van der Waals surface area contributed by atoms with E-state index in [2.05, 4.69) is 13.8 Å². The van der Waals surface area contributed by atoms with Crippen LogP contribution in [0.25, 0.3) is 0 Å². The largest absolute Gasteiger partial charge is 0.327 e. The minimum atomic E-state index is -0.203. The van der Waals surface area contributed by atoms with Gasteiger partial charge in [0.2, 0.25) is 0 Å². The number of rotatable bonds is 3. The molecule has 1 aliphatic rings. The number of hydrogen-bond donors (Lipinski definition) is 1. The molecule has 1 saturated carbocycles. The van der Waals surface area contributed by atoms with Crippen LogP contribution < -0.4 is 5.73 Å². The lowest BCUT2D eigenvalue weighted by Gasteiger charge is -2.32. The van der Waals surface area contributed by atoms with Crippen LogP contribution in [0.2, 0.25) is 5.02 Å². The molecule has 1 fully saturated rings. The molecule has 0 aliphatic heterocycles. The Morgan fingerprint density at radius 1 is 1.50 bits per heavy atom. The van der Waals surface area contributed by atoms with E-state index < -0.39 is 0 Å². The quantitative estimate of drug-likeness (QED) is 0.875. The molecule has 1 aliphatic carbocycles. The molecule has 0 spiro atoms. The first-order valence-electron chi connectivity index (χ1n) is 6.59. The molecule has 1 aromatic carbocycles. The lowest BCUT2D eigenvalue weighted by molar-refractivity contribution is 0.219. The van der Waals surface area contributed by atoms with Crippen molar-refractivity contribution in [2.24, 2.45) is 17.1 Å². The van der Waals surface area contributed by atoms with E-state index in [1.165, 1.54) is 18.9 Å². The Balaban J connectivity index is 2.11. The van der Waals surface area contributed by atoms with Gasteiger partial charge in [0.1, 0.15) is 5.82 Å². The van der Waals surface area contributed by atoms with Crippen LogP contribution in [0.5, 0.6) is 0 Å². The van der Waals surface area contributed by atoms with Crippen molar-refractivity contribution in [2.45, 2.75) is 45.6 Å². The van der Waals surface area contributed by atoms with Crippen LogP contribution in [-0.2, 0) is 6.42 Å². The summed E-state index contributed by atoms with van der Waals surface area (Å²) in [5, 5.41) is 0.573. The van der Waals surface area contributed by atoms with Crippen molar-refractivity contribution in [1.29, 1.82) is 0 Å². The summed E-state index contributed by atoms with van der Waals surface area (Å²) in [4.78, 5) is 0. The van der Waals surface area contributed by atoms with Crippen molar-refractivity contribution in [2.75, 3.05) is 0 Å². The third-order valence-corrected chi connectivity index (χ3v) is 4.56. The second kappa shape index (κ2) is 5.18. The average molecular weight is 270 g/mol. The fraction of sp³-hybridized carbons (Fsp3) is 0.600. The average Bonchev–Trinajstić information content (AvgIpc) is 2.63. The maximum atomic E-state index is 13.7. The molecule has 2 N–H and O–H groups in total. The minimum Gasteiger partial charge on any atom is -0.327 e. The number of nitrogens with two attached hydrogens (primary N) is 1. The molecule has 3 heteroatoms. The number of benzene rings is 1. The summed E-state index contributed by atoms with van der Waals surface area (Å²) >= 11 is 5.91. The normalized spacial score (nSPS) is 24.2. The van der Waals surface area contributed by atoms with E-state index in [1.54, 1.807) is 12.1 Å². The monoisotopic (exact) mass is 269 g/mol. The van der Waals surface area contributed by atoms with Gasteiger partial charge in [0.15, 0.2) is 0 Å². The van der Waals surface area contributed by atoms with Gasteiger partial charge < -0.3 is 5.73 Å². The molecule has 0 radical (unpaired) electrons. The molecule has 0 bridgehead atoms. The lowest BCUT2D eigenvalue weighted by atomic mass is 9.76. The van der Waals surface area contributed by atoms with E-state index in [4.69, 9.17) is 17.3 Å². The van der Waals surface area contributed by atoms with Gasteiger partial charge in [-0.3, -0.25) is 0 Å². The van der Waals surface area contributed by atoms with Crippen LogP contribution in [0.3, 0.4) is 0 Å². The fourth-order valence-electron chi connectivity index (χ4n) is 3.24. The third kappa shape index (κ3) is 2.86. The molecule has 0 aromatic heterocycles. The summed E-state index contributed by atoms with van der Waals surface area (Å²) in [6, 6.07) is 4.70. The van der Waals surface area contributed by atoms with E-state index in [0.29, 0.717) is 22.9 Å². The molecule has 18 heavy (non-hydrogen) atoms. The highest BCUT2D eigenvalue weighted by molar-refractivity contribution is 6.30. The Labute approximate surface area is 114 Å². The van der Waals surface area contributed by atoms with Gasteiger partial charge >= 0.3 is 0 Å². The topological polar surface area (TPSA) is 26.0 Å². The molecule has 100 valence electrons. The van der Waals surface area contributed by atoms with E-state index in [9.17, 15) is 4.39 Å². The van der Waals surface area contributed by atoms with Crippen molar-refractivity contribution in [3.05, 3.63) is 34.6 Å². The van der Waals surface area contributed by atoms with Gasteiger partial charge in [-0.2, -0.15) is 0 Å². The second-order valence-corrected chi connectivity index (χ2v) is 6.53. The smallest absolute Gasteiger partial charge is 0.126 e. The highest BCUT2D eigenvalue weighted by Gasteiger charge is 2.38. The van der Waals surface area contributed by atoms with Gasteiger partial charge in [-0.1, -0.05) is 31.9 Å². The molecule has 2 atom stereocenters. The van der Waals surface area contributed by atoms with E-state index in [1.807, 2.05) is 0 Å². The lowest BCUT2D eigenvalue weighted by Crippen LogP contribution is -2.38. The molecular weight excluding hydrogens is 249 g/mol. The first-order valence-corrected chi connectivity index (χ1v) is 6.97. The van der Waals surface area contributed by atoms with Crippen LogP contribution >= 0.6 is 11.6 Å². The maximum Gasteiger partial charge on any atom is 0.126 e. The summed E-state index contributed by atoms with van der Waals surface area (Å²) in [6.45, 7) is 4.53. The first-order chi connectivity index (χ1) is 8.40. The zero-order valence-electron chi connectivity index (χ0n) is 11.0. The molecule has 0 amide bonds. The Morgan fingerprint density at radius 3 is 2.83 bits per heavy atom. The van der Waals surface area contributed by atoms with E-state index >= 15 is 0 Å². The van der Waals surface area contributed by atoms with Crippen molar-refractivity contribution in [3.8, 4) is 0 Å². The Hall–Kier alpha value is -0.600. The zero-order valence-corrected chi connectivity index (χ0v) is 11.8. The Bertz CT molecular complexity index is 431. The minimum absolute atomic E-state index is 0.00969. The zero-order chi connectivity index (χ0) is 13.3. The van der Waals surface area contributed by atoms with Crippen LogP contribution in [0, 0.1) is 17.2 Å². The Kier molecular flexibility index (Phi) is 3.98. The van der Waals surface area contributed by atoms with Crippen molar-refractivity contribution < 1.29 is 4.39 Å². The van der Waals surface area contributed by atoms with Gasteiger partial charge in [-0.05, 0) is 54.4 Å². The van der Waals surface area contributed by atoms with Gasteiger partial charge in [0.25, 0.3) is 0 Å². The molecule has 0 saturated heterocycles. The van der Waals surface area contributed by atoms with Crippen LogP contribution in [0.4, 0.5) is 4.39 Å². The molecule has 0 heterocycles. The summed E-state index contributed by atoms with van der Waals surface area (Å²) in [6.07, 6.45) is 4.16. The van der Waals surface area contributed by atoms with Gasteiger partial charge in [-0.15, -0.1) is 0 Å². The summed E-state index contributed by atoms with van der Waals surface area (Å²) in [5.74, 6) is 0.265. The second-order valence-electron chi connectivity index (χ2n) is 6.09. The predicted molar refractivity (Wildman–Crippen MR) is 74.2 cm³/mol. The van der Waals surface area contributed by atoms with Crippen molar-refractivity contribution in [3.63, 3.8) is 0 Å². The molecule has 1 nitrogen and oxygen atoms in total. The summed E-state index contributed by atoms with van der Waals surface area (Å²) in [7, 11) is 0. The molecule has 2 rings (SSSR count). The van der Waals surface area contributed by atoms with Crippen LogP contribution in [0.1, 0.15) is 38.7 Å².